The molecule has 0 radical (unpaired) electrons. The van der Waals surface area contributed by atoms with E-state index in [1.54, 1.807) is 36.0 Å². The number of nitrogens with one attached hydrogen (secondary N) is 1. The van der Waals surface area contributed by atoms with E-state index in [1.165, 1.54) is 16.2 Å². The number of halogens is 2. The number of anilines is 1. The van der Waals surface area contributed by atoms with E-state index in [4.69, 9.17) is 27.9 Å². The predicted octanol–water partition coefficient (Wildman–Crippen LogP) is 7.00. The van der Waals surface area contributed by atoms with Crippen LogP contribution in [0.1, 0.15) is 28.3 Å². The Kier molecular flexibility index (Phi) is 6.34. The lowest BCUT2D eigenvalue weighted by Gasteiger charge is -2.43. The summed E-state index contributed by atoms with van der Waals surface area (Å²) in [5, 5.41) is 2.20. The van der Waals surface area contributed by atoms with Crippen molar-refractivity contribution in [2.75, 3.05) is 4.90 Å². The van der Waals surface area contributed by atoms with Crippen molar-refractivity contribution in [1.82, 2.24) is 4.98 Å². The zero-order valence-electron chi connectivity index (χ0n) is 22.0. The number of aromatic nitrogens is 1. The van der Waals surface area contributed by atoms with Crippen LogP contribution in [0.5, 0.6) is 5.75 Å². The van der Waals surface area contributed by atoms with Crippen LogP contribution in [0.15, 0.2) is 82.6 Å². The number of ether oxygens (including phenoxy) is 1. The average molecular weight is 636 g/mol. The molecule has 2 amide bonds. The molecule has 4 aromatic rings. The van der Waals surface area contributed by atoms with Gasteiger partial charge in [0, 0.05) is 31.7 Å². The van der Waals surface area contributed by atoms with Gasteiger partial charge < -0.3 is 9.72 Å². The molecule has 2 saturated carbocycles. The Labute approximate surface area is 260 Å². The lowest BCUT2D eigenvalue weighted by atomic mass is 9.68. The number of H-pyrrole nitrogens is 1. The molecular formula is C32H24Cl2N2O4S2. The summed E-state index contributed by atoms with van der Waals surface area (Å²) in [7, 11) is 0. The minimum absolute atomic E-state index is 0.0194. The Balaban J connectivity index is 1.18. The molecule has 6 nitrogen and oxygen atoms in total. The maximum atomic E-state index is 14.0. The Morgan fingerprint density at radius 3 is 2.26 bits per heavy atom. The van der Waals surface area contributed by atoms with E-state index in [0.717, 1.165) is 33.2 Å². The molecule has 1 N–H and O–H groups in total. The first-order valence-corrected chi connectivity index (χ1v) is 16.3. The molecule has 2 bridgehead atoms. The number of benzene rings is 3. The number of aromatic amines is 1. The van der Waals surface area contributed by atoms with Gasteiger partial charge in [0.05, 0.1) is 22.5 Å². The fraction of sp³-hybridized carbons (Fsp3) is 0.281. The zero-order valence-corrected chi connectivity index (χ0v) is 25.2. The average Bonchev–Trinajstić information content (AvgIpc) is 3.72. The molecule has 0 spiro atoms. The van der Waals surface area contributed by atoms with Crippen molar-refractivity contribution >= 4 is 63.8 Å². The van der Waals surface area contributed by atoms with Crippen LogP contribution in [-0.2, 0) is 16.2 Å². The number of nitrogens with zero attached hydrogens (tertiary/aromatic N) is 1. The van der Waals surface area contributed by atoms with Gasteiger partial charge in [-0.2, -0.15) is 0 Å². The van der Waals surface area contributed by atoms with Crippen LogP contribution in [-0.4, -0.2) is 22.0 Å². The van der Waals surface area contributed by atoms with Gasteiger partial charge in [-0.15, -0.1) is 11.8 Å². The summed E-state index contributed by atoms with van der Waals surface area (Å²) >= 11 is 15.1. The third kappa shape index (κ3) is 4.03. The summed E-state index contributed by atoms with van der Waals surface area (Å²) in [6.45, 7) is 0.375. The minimum atomic E-state index is -0.373. The van der Waals surface area contributed by atoms with Crippen LogP contribution in [0.4, 0.5) is 5.69 Å². The number of para-hydroxylation sites is 1. The van der Waals surface area contributed by atoms with Crippen LogP contribution >= 0.6 is 46.3 Å². The first-order valence-electron chi connectivity index (χ1n) is 13.9. The molecular weight excluding hydrogens is 611 g/mol. The topological polar surface area (TPSA) is 79.5 Å². The monoisotopic (exact) mass is 634 g/mol. The molecule has 3 heterocycles. The third-order valence-corrected chi connectivity index (χ3v) is 12.5. The number of carbonyl (C=O) groups is 2. The van der Waals surface area contributed by atoms with Crippen LogP contribution in [0.3, 0.4) is 0 Å². The molecule has 7 atom stereocenters. The van der Waals surface area contributed by atoms with Gasteiger partial charge in [0.1, 0.15) is 12.4 Å². The van der Waals surface area contributed by atoms with Gasteiger partial charge in [-0.05, 0) is 72.2 Å². The zero-order chi connectivity index (χ0) is 28.7. The molecule has 3 fully saturated rings. The number of fused-ring (bicyclic) bond motifs is 9. The highest BCUT2D eigenvalue weighted by Gasteiger charge is 2.69. The Hall–Kier alpha value is -3.04. The molecule has 5 unspecified atom stereocenters. The number of thioether (sulfide) groups is 1. The highest BCUT2D eigenvalue weighted by Crippen LogP contribution is 2.69. The normalized spacial score (nSPS) is 29.0. The molecule has 1 aromatic heterocycles. The number of amides is 2. The number of hydrogen-bond acceptors (Lipinski definition) is 6. The van der Waals surface area contributed by atoms with Gasteiger partial charge in [-0.3, -0.25) is 19.3 Å². The second kappa shape index (κ2) is 10.0. The molecule has 2 aliphatic carbocycles. The number of hydrogen-bond donors (Lipinski definition) is 1. The molecule has 212 valence electrons. The van der Waals surface area contributed by atoms with Crippen LogP contribution in [0, 0.1) is 29.6 Å². The van der Waals surface area contributed by atoms with E-state index >= 15 is 0 Å². The predicted molar refractivity (Wildman–Crippen MR) is 165 cm³/mol. The van der Waals surface area contributed by atoms with E-state index in [0.29, 0.717) is 22.3 Å². The molecule has 3 aromatic carbocycles. The van der Waals surface area contributed by atoms with Crippen molar-refractivity contribution in [3.8, 4) is 5.75 Å². The van der Waals surface area contributed by atoms with E-state index in [2.05, 4.69) is 11.1 Å². The van der Waals surface area contributed by atoms with Gasteiger partial charge in [0.25, 0.3) is 0 Å². The molecule has 2 aliphatic heterocycles. The minimum Gasteiger partial charge on any atom is -0.489 e. The molecule has 1 saturated heterocycles. The van der Waals surface area contributed by atoms with Crippen LogP contribution < -0.4 is 14.5 Å². The van der Waals surface area contributed by atoms with Crippen molar-refractivity contribution in [3.63, 3.8) is 0 Å². The number of imide groups is 1. The first kappa shape index (κ1) is 26.6. The second-order valence-corrected chi connectivity index (χ2v) is 14.5. The van der Waals surface area contributed by atoms with E-state index in [9.17, 15) is 14.4 Å². The second-order valence-electron chi connectivity index (χ2n) is 11.4. The van der Waals surface area contributed by atoms with Gasteiger partial charge in [-0.1, -0.05) is 64.9 Å². The van der Waals surface area contributed by atoms with Gasteiger partial charge in [0.2, 0.25) is 11.8 Å². The van der Waals surface area contributed by atoms with Crippen molar-refractivity contribution in [2.45, 2.75) is 29.2 Å². The molecule has 4 aliphatic rings. The fourth-order valence-corrected chi connectivity index (χ4v) is 11.0. The lowest BCUT2D eigenvalue weighted by molar-refractivity contribution is -0.123. The largest absolute Gasteiger partial charge is 0.489 e. The summed E-state index contributed by atoms with van der Waals surface area (Å²) < 4.78 is 6.40. The maximum Gasteiger partial charge on any atom is 0.305 e. The maximum absolute atomic E-state index is 14.0. The van der Waals surface area contributed by atoms with Crippen molar-refractivity contribution in [1.29, 1.82) is 0 Å². The van der Waals surface area contributed by atoms with Gasteiger partial charge in [-0.25, -0.2) is 0 Å². The summed E-state index contributed by atoms with van der Waals surface area (Å²) in [6, 6.07) is 22.5. The molecule has 10 heteroatoms. The Bertz CT molecular complexity index is 1790. The molecule has 8 rings (SSSR count). The molecule has 42 heavy (non-hydrogen) atoms. The Morgan fingerprint density at radius 1 is 0.857 bits per heavy atom. The van der Waals surface area contributed by atoms with E-state index in [-0.39, 0.29) is 57.4 Å². The van der Waals surface area contributed by atoms with Gasteiger partial charge >= 0.3 is 4.87 Å². The third-order valence-electron chi connectivity index (χ3n) is 9.37. The summed E-state index contributed by atoms with van der Waals surface area (Å²) in [5.74, 6) is -0.184. The number of carbonyl (C=O) groups excluding carboxylic acids is 2. The lowest BCUT2D eigenvalue weighted by Crippen LogP contribution is -2.42. The standard InChI is InChI=1S/C32H24Cl2N2O4S2/c33-16-7-5-15(6-8-16)14-40-22-4-2-1-3-19(22)23-24-20-13-21(27(24)41-29-28(23)42-32(39)35-29)26-25(20)30(37)36(31(26)38)18-11-9-17(34)10-12-18/h1-12,20-21,23-27H,13-14H2,(H,35,39)/t20-,21-,23?,24?,25?,26?,27?/m1/s1. The first-order chi connectivity index (χ1) is 20.4. The highest BCUT2D eigenvalue weighted by molar-refractivity contribution is 8.00. The quantitative estimate of drug-likeness (QED) is 0.239. The smallest absolute Gasteiger partial charge is 0.305 e. The van der Waals surface area contributed by atoms with Crippen molar-refractivity contribution in [3.05, 3.63) is 109 Å². The fourth-order valence-electron chi connectivity index (χ4n) is 7.82. The number of thiazole rings is 1. The summed E-state index contributed by atoms with van der Waals surface area (Å²) in [5.41, 5.74) is 2.58. The van der Waals surface area contributed by atoms with Gasteiger partial charge in [0.15, 0.2) is 0 Å². The summed E-state index contributed by atoms with van der Waals surface area (Å²) in [4.78, 5) is 45.8. The van der Waals surface area contributed by atoms with E-state index < -0.39 is 0 Å². The van der Waals surface area contributed by atoms with Crippen LogP contribution in [0.2, 0.25) is 10.0 Å². The summed E-state index contributed by atoms with van der Waals surface area (Å²) in [6.07, 6.45) is 0.826. The SMILES string of the molecule is O=C1C2C(C(=O)N1c1ccc(Cl)cc1)[C@@H]1C[C@H]2C2Sc3[nH]c(=O)sc3C(c3ccccc3OCc3ccc(Cl)cc3)C21. The Morgan fingerprint density at radius 2 is 1.52 bits per heavy atom. The number of rotatable bonds is 5. The van der Waals surface area contributed by atoms with E-state index in [1.807, 2.05) is 42.5 Å². The van der Waals surface area contributed by atoms with Crippen LogP contribution in [0.25, 0.3) is 0 Å². The van der Waals surface area contributed by atoms with Crippen molar-refractivity contribution in [2.24, 2.45) is 29.6 Å². The van der Waals surface area contributed by atoms with Crippen molar-refractivity contribution < 1.29 is 14.3 Å². The highest BCUT2D eigenvalue weighted by atomic mass is 35.5.